The first-order valence-corrected chi connectivity index (χ1v) is 6.57. The van der Waals surface area contributed by atoms with Crippen molar-refractivity contribution >= 4 is 34.3 Å². The second-order valence-corrected chi connectivity index (χ2v) is 5.19. The van der Waals surface area contributed by atoms with E-state index in [4.69, 9.17) is 23.2 Å². The Bertz CT molecular complexity index is 327. The van der Waals surface area contributed by atoms with Gasteiger partial charge in [0.2, 0.25) is 0 Å². The van der Waals surface area contributed by atoms with Crippen LogP contribution in [-0.2, 0) is 17.5 Å². The maximum absolute atomic E-state index is 10.9. The molecule has 2 unspecified atom stereocenters. The fraction of sp³-hybridized carbons (Fsp3) is 0.400. The molecule has 15 heavy (non-hydrogen) atoms. The number of hydrogen-bond acceptors (Lipinski definition) is 2. The van der Waals surface area contributed by atoms with Crippen molar-refractivity contribution in [2.75, 3.05) is 5.88 Å². The van der Waals surface area contributed by atoms with Crippen molar-refractivity contribution in [1.29, 1.82) is 0 Å². The van der Waals surface area contributed by atoms with Crippen molar-refractivity contribution in [3.63, 3.8) is 0 Å². The van der Waals surface area contributed by atoms with Gasteiger partial charge in [0.25, 0.3) is 0 Å². The minimum Gasteiger partial charge on any atom is -0.772 e. The van der Waals surface area contributed by atoms with E-state index in [0.29, 0.717) is 23.7 Å². The summed E-state index contributed by atoms with van der Waals surface area (Å²) < 4.78 is 21.8. The Kier molecular flexibility index (Phi) is 5.61. The van der Waals surface area contributed by atoms with Gasteiger partial charge in [-0.2, -0.15) is 0 Å². The first-order valence-electron chi connectivity index (χ1n) is 4.52. The molecule has 0 fully saturated rings. The average molecular weight is 266 g/mol. The molecule has 0 bridgehead atoms. The molecule has 0 saturated carbocycles. The summed E-state index contributed by atoms with van der Waals surface area (Å²) in [4.78, 5) is 0. The van der Waals surface area contributed by atoms with Gasteiger partial charge in [0.05, 0.1) is 0 Å². The Morgan fingerprint density at radius 2 is 1.93 bits per heavy atom. The fourth-order valence-corrected chi connectivity index (χ4v) is 2.43. The smallest absolute Gasteiger partial charge is 0.0406 e. The van der Waals surface area contributed by atoms with Crippen LogP contribution in [0, 0.1) is 0 Å². The van der Waals surface area contributed by atoms with Crippen LogP contribution in [0.2, 0.25) is 5.02 Å². The van der Waals surface area contributed by atoms with E-state index >= 15 is 0 Å². The molecular weight excluding hydrogens is 255 g/mol. The van der Waals surface area contributed by atoms with E-state index in [9.17, 15) is 8.76 Å². The van der Waals surface area contributed by atoms with E-state index < -0.39 is 16.3 Å². The van der Waals surface area contributed by atoms with Gasteiger partial charge in [-0.3, -0.25) is 4.21 Å². The van der Waals surface area contributed by atoms with Crippen LogP contribution >= 0.6 is 23.2 Å². The van der Waals surface area contributed by atoms with E-state index in [1.807, 2.05) is 12.1 Å². The molecule has 0 aromatic heterocycles. The zero-order valence-electron chi connectivity index (χ0n) is 7.99. The Morgan fingerprint density at radius 3 is 2.40 bits per heavy atom. The number of alkyl halides is 1. The molecule has 1 aromatic carbocycles. The Labute approximate surface area is 102 Å². The first kappa shape index (κ1) is 13.0. The monoisotopic (exact) mass is 265 g/mol. The van der Waals surface area contributed by atoms with Crippen molar-refractivity contribution in [2.45, 2.75) is 18.1 Å². The SMILES string of the molecule is O=S([O-])C(CCCl)Cc1ccc(Cl)cc1. The summed E-state index contributed by atoms with van der Waals surface area (Å²) in [6.07, 6.45) is 0.959. The minimum atomic E-state index is -2.08. The van der Waals surface area contributed by atoms with Gasteiger partial charge >= 0.3 is 0 Å². The molecule has 0 heterocycles. The summed E-state index contributed by atoms with van der Waals surface area (Å²) in [6.45, 7) is 0. The van der Waals surface area contributed by atoms with Gasteiger partial charge in [-0.25, -0.2) is 0 Å². The number of rotatable bonds is 5. The van der Waals surface area contributed by atoms with Gasteiger partial charge in [-0.1, -0.05) is 34.8 Å². The van der Waals surface area contributed by atoms with E-state index in [2.05, 4.69) is 0 Å². The highest BCUT2D eigenvalue weighted by molar-refractivity contribution is 7.79. The topological polar surface area (TPSA) is 40.1 Å². The van der Waals surface area contributed by atoms with Crippen LogP contribution in [-0.4, -0.2) is 19.9 Å². The molecular formula is C10H11Cl2O2S-. The largest absolute Gasteiger partial charge is 0.772 e. The highest BCUT2D eigenvalue weighted by Crippen LogP contribution is 2.14. The molecule has 0 N–H and O–H groups in total. The summed E-state index contributed by atoms with van der Waals surface area (Å²) in [5.41, 5.74) is 0.957. The van der Waals surface area contributed by atoms with Gasteiger partial charge in [0.15, 0.2) is 0 Å². The van der Waals surface area contributed by atoms with E-state index in [0.717, 1.165) is 5.56 Å². The predicted molar refractivity (Wildman–Crippen MR) is 63.2 cm³/mol. The Hall–Kier alpha value is -0.0900. The van der Waals surface area contributed by atoms with Crippen LogP contribution in [0.5, 0.6) is 0 Å². The Balaban J connectivity index is 2.65. The van der Waals surface area contributed by atoms with Crippen LogP contribution in [0.25, 0.3) is 0 Å². The lowest BCUT2D eigenvalue weighted by Crippen LogP contribution is -2.18. The highest BCUT2D eigenvalue weighted by Gasteiger charge is 2.09. The zero-order valence-corrected chi connectivity index (χ0v) is 10.3. The summed E-state index contributed by atoms with van der Waals surface area (Å²) in [5, 5.41) is 0.236. The third-order valence-corrected chi connectivity index (χ3v) is 3.50. The summed E-state index contributed by atoms with van der Waals surface area (Å²) in [5.74, 6) is 0.353. The molecule has 0 aliphatic heterocycles. The molecule has 1 rings (SSSR count). The van der Waals surface area contributed by atoms with Crippen molar-refractivity contribution in [1.82, 2.24) is 0 Å². The highest BCUT2D eigenvalue weighted by atomic mass is 35.5. The third kappa shape index (κ3) is 4.51. The van der Waals surface area contributed by atoms with Crippen LogP contribution in [0.1, 0.15) is 12.0 Å². The number of benzene rings is 1. The molecule has 2 atom stereocenters. The maximum Gasteiger partial charge on any atom is 0.0406 e. The van der Waals surface area contributed by atoms with Crippen LogP contribution in [0.3, 0.4) is 0 Å². The molecule has 0 aliphatic carbocycles. The summed E-state index contributed by atoms with van der Waals surface area (Å²) >= 11 is 9.19. The Morgan fingerprint density at radius 1 is 1.33 bits per heavy atom. The van der Waals surface area contributed by atoms with Crippen molar-refractivity contribution in [3.05, 3.63) is 34.9 Å². The molecule has 0 aliphatic rings. The average Bonchev–Trinajstić information content (AvgIpc) is 2.20. The molecule has 0 radical (unpaired) electrons. The fourth-order valence-electron chi connectivity index (χ4n) is 1.27. The van der Waals surface area contributed by atoms with Crippen molar-refractivity contribution in [2.24, 2.45) is 0 Å². The normalized spacial score (nSPS) is 14.9. The zero-order chi connectivity index (χ0) is 11.3. The lowest BCUT2D eigenvalue weighted by atomic mass is 10.1. The van der Waals surface area contributed by atoms with Gasteiger partial charge in [-0.05, 0) is 30.5 Å². The van der Waals surface area contributed by atoms with E-state index in [1.165, 1.54) is 0 Å². The minimum absolute atomic E-state index is 0.353. The van der Waals surface area contributed by atoms with Gasteiger partial charge in [0, 0.05) is 16.2 Å². The summed E-state index contributed by atoms with van der Waals surface area (Å²) in [7, 11) is 0. The molecule has 84 valence electrons. The quantitative estimate of drug-likeness (QED) is 0.607. The number of hydrogen-bond donors (Lipinski definition) is 0. The standard InChI is InChI=1S/C10H12Cl2O2S/c11-6-5-10(15(13)14)7-8-1-3-9(12)4-2-8/h1-4,10H,5-7H2,(H,13,14)/p-1. The molecule has 0 amide bonds. The predicted octanol–water partition coefficient (Wildman–Crippen LogP) is 2.76. The molecule has 0 saturated heterocycles. The second kappa shape index (κ2) is 6.48. The summed E-state index contributed by atoms with van der Waals surface area (Å²) in [6, 6.07) is 7.16. The van der Waals surface area contributed by atoms with Crippen molar-refractivity contribution in [3.8, 4) is 0 Å². The van der Waals surface area contributed by atoms with E-state index in [-0.39, 0.29) is 0 Å². The lowest BCUT2D eigenvalue weighted by Gasteiger charge is -2.18. The third-order valence-electron chi connectivity index (χ3n) is 2.08. The van der Waals surface area contributed by atoms with Gasteiger partial charge in [0.1, 0.15) is 0 Å². The molecule has 2 nitrogen and oxygen atoms in total. The van der Waals surface area contributed by atoms with Gasteiger partial charge < -0.3 is 4.55 Å². The number of halogens is 2. The van der Waals surface area contributed by atoms with Crippen LogP contribution in [0.4, 0.5) is 0 Å². The van der Waals surface area contributed by atoms with Crippen molar-refractivity contribution < 1.29 is 8.76 Å². The molecule has 1 aromatic rings. The first-order chi connectivity index (χ1) is 7.13. The van der Waals surface area contributed by atoms with Gasteiger partial charge in [-0.15, -0.1) is 11.6 Å². The molecule has 5 heteroatoms. The molecule has 0 spiro atoms. The maximum atomic E-state index is 10.9. The lowest BCUT2D eigenvalue weighted by molar-refractivity contribution is 0.517. The van der Waals surface area contributed by atoms with Crippen LogP contribution in [0.15, 0.2) is 24.3 Å². The second-order valence-electron chi connectivity index (χ2n) is 3.19. The van der Waals surface area contributed by atoms with Crippen LogP contribution < -0.4 is 0 Å². The van der Waals surface area contributed by atoms with E-state index in [1.54, 1.807) is 12.1 Å².